The lowest BCUT2D eigenvalue weighted by Crippen LogP contribution is -2.39. The molecule has 1 saturated heterocycles. The van der Waals surface area contributed by atoms with Gasteiger partial charge < -0.3 is 36.7 Å². The Morgan fingerprint density at radius 1 is 1.00 bits per heavy atom. The number of carbonyl (C=O) groups is 2. The van der Waals surface area contributed by atoms with Crippen LogP contribution < -0.4 is 32.8 Å². The van der Waals surface area contributed by atoms with Gasteiger partial charge in [-0.05, 0) is 35.9 Å². The maximum atomic E-state index is 13.4. The number of rotatable bonds is 10. The average Bonchev–Trinajstić information content (AvgIpc) is 3.04. The number of urea groups is 1. The van der Waals surface area contributed by atoms with E-state index in [2.05, 4.69) is 25.8 Å². The van der Waals surface area contributed by atoms with Crippen LogP contribution in [0.1, 0.15) is 15.9 Å². The molecule has 5 rings (SSSR count). The normalized spacial score (nSPS) is 13.5. The van der Waals surface area contributed by atoms with E-state index in [1.807, 2.05) is 24.3 Å². The van der Waals surface area contributed by atoms with Crippen LogP contribution in [0, 0.1) is 0 Å². The minimum absolute atomic E-state index is 0.0572. The summed E-state index contributed by atoms with van der Waals surface area (Å²) in [7, 11) is 0. The van der Waals surface area contributed by atoms with Crippen molar-refractivity contribution >= 4 is 34.5 Å². The molecule has 0 spiro atoms. The van der Waals surface area contributed by atoms with Gasteiger partial charge in [-0.3, -0.25) is 19.5 Å². The predicted molar refractivity (Wildman–Crippen MR) is 165 cm³/mol. The fourth-order valence-electron chi connectivity index (χ4n) is 4.86. The molecule has 1 aliphatic heterocycles. The summed E-state index contributed by atoms with van der Waals surface area (Å²) in [5.74, 6) is -0.506. The molecule has 3 aromatic heterocycles. The monoisotopic (exact) mass is 585 g/mol. The van der Waals surface area contributed by atoms with Gasteiger partial charge in [-0.2, -0.15) is 0 Å². The van der Waals surface area contributed by atoms with Gasteiger partial charge in [0.1, 0.15) is 17.0 Å². The third-order valence-electron chi connectivity index (χ3n) is 7.16. The van der Waals surface area contributed by atoms with Gasteiger partial charge in [-0.15, -0.1) is 0 Å². The number of nitrogens with one attached hydrogen (secondary N) is 3. The summed E-state index contributed by atoms with van der Waals surface area (Å²) in [5, 5.41) is 8.56. The van der Waals surface area contributed by atoms with Gasteiger partial charge in [0, 0.05) is 69.5 Å². The van der Waals surface area contributed by atoms with Crippen molar-refractivity contribution in [2.75, 3.05) is 57.0 Å². The highest BCUT2D eigenvalue weighted by molar-refractivity contribution is 6.01. The van der Waals surface area contributed by atoms with Crippen LogP contribution in [0.2, 0.25) is 0 Å². The second-order valence-electron chi connectivity index (χ2n) is 10.1. The zero-order valence-electron chi connectivity index (χ0n) is 23.7. The van der Waals surface area contributed by atoms with E-state index in [0.29, 0.717) is 55.3 Å². The van der Waals surface area contributed by atoms with Crippen molar-refractivity contribution in [3.05, 3.63) is 82.3 Å². The van der Waals surface area contributed by atoms with Gasteiger partial charge in [0.15, 0.2) is 0 Å². The van der Waals surface area contributed by atoms with Crippen molar-refractivity contribution in [2.24, 2.45) is 5.73 Å². The first-order valence-corrected chi connectivity index (χ1v) is 14.1. The van der Waals surface area contributed by atoms with Crippen molar-refractivity contribution in [1.82, 2.24) is 30.1 Å². The number of amides is 3. The number of pyridine rings is 3. The number of nitrogen functional groups attached to an aromatic ring is 1. The first kappa shape index (κ1) is 29.6. The zero-order chi connectivity index (χ0) is 30.2. The SMILES string of the molecule is NCCNC(=O)c1c(N)n(CCN2CCOCC2)c2nc(-c3ccc(NC(=O)NCc4cccnc4)cc3)ccc2c1=O. The number of hydrogen-bond acceptors (Lipinski definition) is 9. The first-order chi connectivity index (χ1) is 20.9. The first-order valence-electron chi connectivity index (χ1n) is 14.1. The van der Waals surface area contributed by atoms with Gasteiger partial charge in [0.25, 0.3) is 5.91 Å². The Kier molecular flexibility index (Phi) is 9.56. The van der Waals surface area contributed by atoms with Crippen LogP contribution in [0.5, 0.6) is 0 Å². The second kappa shape index (κ2) is 13.9. The average molecular weight is 586 g/mol. The van der Waals surface area contributed by atoms with E-state index in [9.17, 15) is 14.4 Å². The number of morpholine rings is 1. The summed E-state index contributed by atoms with van der Waals surface area (Å²) in [6.07, 6.45) is 3.37. The Bertz CT molecular complexity index is 1640. The van der Waals surface area contributed by atoms with E-state index in [1.165, 1.54) is 0 Å². The third-order valence-corrected chi connectivity index (χ3v) is 7.16. The highest BCUT2D eigenvalue weighted by Crippen LogP contribution is 2.24. The Morgan fingerprint density at radius 2 is 1.79 bits per heavy atom. The van der Waals surface area contributed by atoms with E-state index >= 15 is 0 Å². The standard InChI is InChI=1S/C30H35N9O4/c31-9-11-34-29(41)25-26(40)23-7-8-24(37-28(23)39(27(25)32)13-12-38-14-16-43-17-15-38)21-3-5-22(6-4-21)36-30(42)35-19-20-2-1-10-33-18-20/h1-8,10,18H,9,11-17,19,31-32H2,(H,34,41)(H2,35,36,42). The Morgan fingerprint density at radius 3 is 2.51 bits per heavy atom. The summed E-state index contributed by atoms with van der Waals surface area (Å²) in [5.41, 5.74) is 14.7. The molecular weight excluding hydrogens is 550 g/mol. The molecule has 0 radical (unpaired) electrons. The maximum absolute atomic E-state index is 13.4. The highest BCUT2D eigenvalue weighted by atomic mass is 16.5. The minimum atomic E-state index is -0.563. The molecule has 0 atom stereocenters. The minimum Gasteiger partial charge on any atom is -0.384 e. The lowest BCUT2D eigenvalue weighted by Gasteiger charge is -2.27. The van der Waals surface area contributed by atoms with E-state index in [0.717, 1.165) is 24.2 Å². The molecule has 0 aliphatic carbocycles. The zero-order valence-corrected chi connectivity index (χ0v) is 23.7. The highest BCUT2D eigenvalue weighted by Gasteiger charge is 2.22. The molecule has 0 unspecified atom stereocenters. The molecule has 13 heteroatoms. The molecule has 1 aliphatic rings. The van der Waals surface area contributed by atoms with Gasteiger partial charge >= 0.3 is 6.03 Å². The topological polar surface area (TPSA) is 183 Å². The number of benzene rings is 1. The number of carbonyl (C=O) groups excluding carboxylic acids is 2. The number of fused-ring (bicyclic) bond motifs is 1. The van der Waals surface area contributed by atoms with Gasteiger partial charge in [-0.1, -0.05) is 18.2 Å². The van der Waals surface area contributed by atoms with Crippen LogP contribution in [-0.4, -0.2) is 77.3 Å². The number of anilines is 2. The Hall–Kier alpha value is -4.85. The predicted octanol–water partition coefficient (Wildman–Crippen LogP) is 1.38. The molecule has 0 bridgehead atoms. The van der Waals surface area contributed by atoms with Gasteiger partial charge in [0.05, 0.1) is 24.3 Å². The fourth-order valence-corrected chi connectivity index (χ4v) is 4.86. The van der Waals surface area contributed by atoms with Crippen LogP contribution in [-0.2, 0) is 17.8 Å². The van der Waals surface area contributed by atoms with Crippen molar-refractivity contribution in [3.63, 3.8) is 0 Å². The molecule has 4 heterocycles. The maximum Gasteiger partial charge on any atom is 0.319 e. The molecular formula is C30H35N9O4. The molecule has 3 amide bonds. The molecule has 4 aromatic rings. The molecule has 1 fully saturated rings. The van der Waals surface area contributed by atoms with E-state index in [4.69, 9.17) is 21.2 Å². The van der Waals surface area contributed by atoms with Gasteiger partial charge in [0.2, 0.25) is 5.43 Å². The Labute approximate surface area is 248 Å². The van der Waals surface area contributed by atoms with Crippen LogP contribution in [0.15, 0.2) is 65.7 Å². The lowest BCUT2D eigenvalue weighted by atomic mass is 10.1. The number of aromatic nitrogens is 3. The quantitative estimate of drug-likeness (QED) is 0.184. The summed E-state index contributed by atoms with van der Waals surface area (Å²) in [6.45, 7) is 4.73. The molecule has 224 valence electrons. The molecule has 43 heavy (non-hydrogen) atoms. The van der Waals surface area contributed by atoms with Crippen LogP contribution in [0.3, 0.4) is 0 Å². The van der Waals surface area contributed by atoms with Crippen LogP contribution >= 0.6 is 0 Å². The van der Waals surface area contributed by atoms with Crippen molar-refractivity contribution in [1.29, 1.82) is 0 Å². The molecule has 13 nitrogen and oxygen atoms in total. The van der Waals surface area contributed by atoms with Crippen LogP contribution in [0.25, 0.3) is 22.3 Å². The second-order valence-corrected chi connectivity index (χ2v) is 10.1. The van der Waals surface area contributed by atoms with Crippen LogP contribution in [0.4, 0.5) is 16.3 Å². The summed E-state index contributed by atoms with van der Waals surface area (Å²) in [4.78, 5) is 49.8. The smallest absolute Gasteiger partial charge is 0.319 e. The van der Waals surface area contributed by atoms with E-state index < -0.39 is 11.3 Å². The third kappa shape index (κ3) is 7.15. The Balaban J connectivity index is 1.40. The molecule has 1 aromatic carbocycles. The van der Waals surface area contributed by atoms with Crippen molar-refractivity contribution < 1.29 is 14.3 Å². The lowest BCUT2D eigenvalue weighted by molar-refractivity contribution is 0.0366. The molecule has 0 saturated carbocycles. The summed E-state index contributed by atoms with van der Waals surface area (Å²) in [6, 6.07) is 14.0. The van der Waals surface area contributed by atoms with E-state index in [1.54, 1.807) is 41.2 Å². The van der Waals surface area contributed by atoms with Crippen molar-refractivity contribution in [2.45, 2.75) is 13.1 Å². The number of nitrogens with two attached hydrogens (primary N) is 2. The largest absolute Gasteiger partial charge is 0.384 e. The number of nitrogens with zero attached hydrogens (tertiary/aromatic N) is 4. The number of hydrogen-bond donors (Lipinski definition) is 5. The summed E-state index contributed by atoms with van der Waals surface area (Å²) < 4.78 is 7.19. The fraction of sp³-hybridized carbons (Fsp3) is 0.300. The summed E-state index contributed by atoms with van der Waals surface area (Å²) >= 11 is 0. The number of ether oxygens (including phenoxy) is 1. The van der Waals surface area contributed by atoms with Gasteiger partial charge in [-0.25, -0.2) is 9.78 Å². The van der Waals surface area contributed by atoms with E-state index in [-0.39, 0.29) is 30.5 Å². The molecule has 7 N–H and O–H groups in total. The van der Waals surface area contributed by atoms with Crippen molar-refractivity contribution in [3.8, 4) is 11.3 Å².